The van der Waals surface area contributed by atoms with Crippen LogP contribution in [-0.2, 0) is 16.2 Å². The van der Waals surface area contributed by atoms with Crippen LogP contribution in [0.25, 0.3) is 0 Å². The van der Waals surface area contributed by atoms with Gasteiger partial charge in [-0.25, -0.2) is 5.06 Å². The van der Waals surface area contributed by atoms with Crippen LogP contribution in [0.3, 0.4) is 0 Å². The molecule has 130 valence electrons. The number of hydrogen-bond acceptors (Lipinski definition) is 4. The van der Waals surface area contributed by atoms with Gasteiger partial charge in [-0.3, -0.25) is 15.1 Å². The zero-order chi connectivity index (χ0) is 17.2. The average Bonchev–Trinajstić information content (AvgIpc) is 2.83. The van der Waals surface area contributed by atoms with E-state index in [2.05, 4.69) is 10.5 Å². The Labute approximate surface area is 148 Å². The molecule has 1 aliphatic carbocycles. The molecule has 1 aromatic rings. The molecule has 1 saturated heterocycles. The molecule has 0 aromatic heterocycles. The molecule has 5 nitrogen and oxygen atoms in total. The van der Waals surface area contributed by atoms with Crippen molar-refractivity contribution in [3.05, 3.63) is 28.8 Å². The first-order valence-electron chi connectivity index (χ1n) is 8.51. The van der Waals surface area contributed by atoms with Crippen LogP contribution in [0.4, 0.5) is 5.69 Å². The number of hydrogen-bond donors (Lipinski definition) is 1. The summed E-state index contributed by atoms with van der Waals surface area (Å²) in [4.78, 5) is 17.9. The maximum atomic E-state index is 12.4. The van der Waals surface area contributed by atoms with Crippen LogP contribution in [-0.4, -0.2) is 23.3 Å². The largest absolute Gasteiger partial charge is 0.278 e. The molecule has 1 saturated carbocycles. The molecule has 1 N–H and O–H groups in total. The molecule has 0 atom stereocenters. The number of nitrogens with zero attached hydrogens (tertiary/aromatic N) is 2. The molecule has 24 heavy (non-hydrogen) atoms. The van der Waals surface area contributed by atoms with Crippen molar-refractivity contribution in [3.8, 4) is 0 Å². The summed E-state index contributed by atoms with van der Waals surface area (Å²) in [5, 5.41) is 6.55. The highest BCUT2D eigenvalue weighted by atomic mass is 35.5. The van der Waals surface area contributed by atoms with Gasteiger partial charge in [0.05, 0.1) is 24.3 Å². The van der Waals surface area contributed by atoms with Crippen LogP contribution >= 0.6 is 11.6 Å². The Bertz CT molecular complexity index is 650. The van der Waals surface area contributed by atoms with Gasteiger partial charge in [-0.05, 0) is 51.7 Å². The van der Waals surface area contributed by atoms with E-state index in [1.807, 2.05) is 32.0 Å². The first-order valence-corrected chi connectivity index (χ1v) is 8.89. The molecular formula is C18H24ClN3O2. The smallest absolute Gasteiger partial charge is 0.254 e. The van der Waals surface area contributed by atoms with Crippen LogP contribution < -0.4 is 5.43 Å². The fourth-order valence-electron chi connectivity index (χ4n) is 2.99. The average molecular weight is 350 g/mol. The first kappa shape index (κ1) is 17.2. The minimum Gasteiger partial charge on any atom is -0.278 e. The number of nitrogens with one attached hydrogen (secondary N) is 1. The Morgan fingerprint density at radius 2 is 2.04 bits per heavy atom. The second-order valence-corrected chi connectivity index (χ2v) is 7.52. The van der Waals surface area contributed by atoms with E-state index >= 15 is 0 Å². The van der Waals surface area contributed by atoms with E-state index in [1.54, 1.807) is 0 Å². The summed E-state index contributed by atoms with van der Waals surface area (Å²) in [5.41, 5.74) is 5.50. The van der Waals surface area contributed by atoms with E-state index < -0.39 is 5.41 Å². The number of carbonyl (C=O) groups is 1. The van der Waals surface area contributed by atoms with Crippen molar-refractivity contribution in [2.75, 3.05) is 12.0 Å². The van der Waals surface area contributed by atoms with E-state index in [9.17, 15) is 4.79 Å². The van der Waals surface area contributed by atoms with Crippen LogP contribution in [0.15, 0.2) is 23.3 Å². The summed E-state index contributed by atoms with van der Waals surface area (Å²) in [7, 11) is 0. The van der Waals surface area contributed by atoms with Crippen LogP contribution in [0, 0.1) is 5.41 Å². The molecule has 6 heteroatoms. The predicted molar refractivity (Wildman–Crippen MR) is 95.9 cm³/mol. The number of hydrazone groups is 1. The number of carbonyl (C=O) groups excluding carboxylic acids is 1. The van der Waals surface area contributed by atoms with Gasteiger partial charge in [-0.1, -0.05) is 24.1 Å². The Morgan fingerprint density at radius 3 is 2.71 bits per heavy atom. The van der Waals surface area contributed by atoms with Gasteiger partial charge in [0, 0.05) is 16.3 Å². The van der Waals surface area contributed by atoms with E-state index in [1.165, 1.54) is 30.0 Å². The normalized spacial score (nSPS) is 20.4. The highest BCUT2D eigenvalue weighted by Crippen LogP contribution is 2.32. The van der Waals surface area contributed by atoms with Gasteiger partial charge in [0.25, 0.3) is 5.91 Å². The molecule has 2 fully saturated rings. The summed E-state index contributed by atoms with van der Waals surface area (Å²) in [6.45, 7) is 4.47. The minimum absolute atomic E-state index is 0.0213. The van der Waals surface area contributed by atoms with E-state index in [0.29, 0.717) is 18.2 Å². The van der Waals surface area contributed by atoms with E-state index in [0.717, 1.165) is 24.1 Å². The van der Waals surface area contributed by atoms with E-state index in [-0.39, 0.29) is 5.91 Å². The molecule has 1 aromatic carbocycles. The van der Waals surface area contributed by atoms with Gasteiger partial charge in [-0.2, -0.15) is 5.10 Å². The third kappa shape index (κ3) is 3.73. The highest BCUT2D eigenvalue weighted by Gasteiger charge is 2.40. The van der Waals surface area contributed by atoms with Crippen LogP contribution in [0.2, 0.25) is 5.02 Å². The number of anilines is 1. The molecule has 1 amide bonds. The minimum atomic E-state index is -0.489. The van der Waals surface area contributed by atoms with Gasteiger partial charge >= 0.3 is 0 Å². The Hall–Kier alpha value is -1.59. The van der Waals surface area contributed by atoms with Gasteiger partial charge in [-0.15, -0.1) is 0 Å². The topological polar surface area (TPSA) is 53.9 Å². The maximum absolute atomic E-state index is 12.4. The van der Waals surface area contributed by atoms with Crippen molar-refractivity contribution in [2.24, 2.45) is 10.5 Å². The Balaban J connectivity index is 1.76. The molecule has 0 unspecified atom stereocenters. The summed E-state index contributed by atoms with van der Waals surface area (Å²) in [5.74, 6) is -0.0213. The highest BCUT2D eigenvalue weighted by molar-refractivity contribution is 6.31. The van der Waals surface area contributed by atoms with Gasteiger partial charge < -0.3 is 0 Å². The Morgan fingerprint density at radius 1 is 1.29 bits per heavy atom. The quantitative estimate of drug-likeness (QED) is 0.821. The summed E-state index contributed by atoms with van der Waals surface area (Å²) in [6, 6.07) is 5.63. The van der Waals surface area contributed by atoms with Gasteiger partial charge in [0.15, 0.2) is 0 Å². The van der Waals surface area contributed by atoms with E-state index in [4.69, 9.17) is 16.4 Å². The zero-order valence-electron chi connectivity index (χ0n) is 14.3. The standard InChI is InChI=1S/C18H24ClN3O2/c1-18(2)12-24-22(17(18)23)11-14-15(19)9-6-10-16(14)21-20-13-7-4-3-5-8-13/h6,9-10,21H,3-5,7-8,11-12H2,1-2H3. The number of benzene rings is 1. The van der Waals surface area contributed by atoms with Crippen molar-refractivity contribution < 1.29 is 9.63 Å². The van der Waals surface area contributed by atoms with Crippen molar-refractivity contribution >= 4 is 28.9 Å². The molecule has 0 spiro atoms. The maximum Gasteiger partial charge on any atom is 0.254 e. The van der Waals surface area contributed by atoms with Gasteiger partial charge in [0.2, 0.25) is 0 Å². The summed E-state index contributed by atoms with van der Waals surface area (Å²) in [6.07, 6.45) is 5.78. The molecule has 1 heterocycles. The zero-order valence-corrected chi connectivity index (χ0v) is 15.0. The summed E-state index contributed by atoms with van der Waals surface area (Å²) >= 11 is 6.37. The lowest BCUT2D eigenvalue weighted by atomic mass is 9.95. The number of hydroxylamine groups is 2. The molecule has 1 aliphatic heterocycles. The predicted octanol–water partition coefficient (Wildman–Crippen LogP) is 4.37. The monoisotopic (exact) mass is 349 g/mol. The number of amides is 1. The molecule has 2 aliphatic rings. The van der Waals surface area contributed by atoms with Crippen molar-refractivity contribution in [2.45, 2.75) is 52.5 Å². The fourth-order valence-corrected chi connectivity index (χ4v) is 3.23. The second kappa shape index (κ2) is 7.11. The van der Waals surface area contributed by atoms with Crippen molar-refractivity contribution in [3.63, 3.8) is 0 Å². The van der Waals surface area contributed by atoms with Crippen molar-refractivity contribution in [1.29, 1.82) is 0 Å². The lowest BCUT2D eigenvalue weighted by molar-refractivity contribution is -0.165. The fraction of sp³-hybridized carbons (Fsp3) is 0.556. The second-order valence-electron chi connectivity index (χ2n) is 7.12. The number of rotatable bonds is 4. The molecule has 3 rings (SSSR count). The van der Waals surface area contributed by atoms with Crippen molar-refractivity contribution in [1.82, 2.24) is 5.06 Å². The SMILES string of the molecule is CC1(C)CON(Cc2c(Cl)cccc2NN=C2CCCCC2)C1=O. The van der Waals surface area contributed by atoms with Gasteiger partial charge in [0.1, 0.15) is 0 Å². The third-order valence-corrected chi connectivity index (χ3v) is 4.93. The molecule has 0 bridgehead atoms. The first-order chi connectivity index (χ1) is 11.5. The summed E-state index contributed by atoms with van der Waals surface area (Å²) < 4.78 is 0. The lowest BCUT2D eigenvalue weighted by Crippen LogP contribution is -2.30. The molecular weight excluding hydrogens is 326 g/mol. The van der Waals surface area contributed by atoms with Crippen LogP contribution in [0.1, 0.15) is 51.5 Å². The van der Waals surface area contributed by atoms with Crippen LogP contribution in [0.5, 0.6) is 0 Å². The lowest BCUT2D eigenvalue weighted by Gasteiger charge is -2.19. The third-order valence-electron chi connectivity index (χ3n) is 4.57. The Kier molecular flexibility index (Phi) is 5.11. The molecule has 0 radical (unpaired) electrons. The number of halogens is 1.